The summed E-state index contributed by atoms with van der Waals surface area (Å²) in [5.74, 6) is -0.619. The van der Waals surface area contributed by atoms with Gasteiger partial charge in [-0.2, -0.15) is 0 Å². The van der Waals surface area contributed by atoms with Crippen LogP contribution in [0.15, 0.2) is 55.1 Å². The van der Waals surface area contributed by atoms with E-state index in [1.165, 1.54) is 15.8 Å². The zero-order valence-corrected chi connectivity index (χ0v) is 17.4. The molecule has 2 N–H and O–H groups in total. The van der Waals surface area contributed by atoms with Gasteiger partial charge < -0.3 is 5.11 Å². The number of hydrogen-bond acceptors (Lipinski definition) is 4. The van der Waals surface area contributed by atoms with E-state index < -0.39 is 5.97 Å². The monoisotopic (exact) mass is 420 g/mol. The number of carboxylic acids is 1. The van der Waals surface area contributed by atoms with Crippen molar-refractivity contribution in [1.29, 1.82) is 0 Å². The van der Waals surface area contributed by atoms with Crippen LogP contribution in [0.25, 0.3) is 5.69 Å². The molecule has 0 radical (unpaired) electrons. The number of benzene rings is 1. The molecule has 4 rings (SSSR count). The molecule has 2 aromatic heterocycles. The first-order valence-corrected chi connectivity index (χ1v) is 10.5. The number of aromatic amines is 1. The van der Waals surface area contributed by atoms with Crippen molar-refractivity contribution in [2.24, 2.45) is 11.8 Å². The number of carboxylic acid groups (broad SMARTS) is 1. The third-order valence-electron chi connectivity index (χ3n) is 5.81. The Balaban J connectivity index is 1.74. The van der Waals surface area contributed by atoms with Crippen LogP contribution in [-0.4, -0.2) is 31.7 Å². The number of aromatic nitrogens is 4. The maximum Gasteiger partial charge on any atom is 0.341 e. The van der Waals surface area contributed by atoms with Crippen molar-refractivity contribution in [3.8, 4) is 5.69 Å². The summed E-state index contributed by atoms with van der Waals surface area (Å²) in [6, 6.07) is 9.26. The van der Waals surface area contributed by atoms with Gasteiger partial charge in [-0.25, -0.2) is 19.4 Å². The molecule has 1 fully saturated rings. The minimum absolute atomic E-state index is 0.0127. The van der Waals surface area contributed by atoms with E-state index in [0.29, 0.717) is 11.6 Å². The summed E-state index contributed by atoms with van der Waals surface area (Å²) in [5, 5.41) is 14.4. The molecule has 31 heavy (non-hydrogen) atoms. The summed E-state index contributed by atoms with van der Waals surface area (Å²) in [5.41, 5.74) is 1.34. The Morgan fingerprint density at radius 3 is 2.58 bits per heavy atom. The molecule has 1 saturated carbocycles. The molecule has 160 valence electrons. The highest BCUT2D eigenvalue weighted by Gasteiger charge is 2.33. The molecule has 0 bridgehead atoms. The second kappa shape index (κ2) is 9.07. The number of para-hydroxylation sites is 1. The van der Waals surface area contributed by atoms with E-state index in [1.54, 1.807) is 18.6 Å². The zero-order valence-electron chi connectivity index (χ0n) is 17.4. The van der Waals surface area contributed by atoms with Crippen LogP contribution in [-0.2, 0) is 11.3 Å². The highest BCUT2D eigenvalue weighted by molar-refractivity contribution is 6.01. The maximum atomic E-state index is 13.6. The van der Waals surface area contributed by atoms with E-state index in [2.05, 4.69) is 22.0 Å². The molecule has 2 heterocycles. The van der Waals surface area contributed by atoms with Crippen LogP contribution in [0.1, 0.15) is 48.7 Å². The smallest absolute Gasteiger partial charge is 0.341 e. The summed E-state index contributed by atoms with van der Waals surface area (Å²) < 4.78 is 1.51. The van der Waals surface area contributed by atoms with Gasteiger partial charge in [0.2, 0.25) is 5.91 Å². The SMILES string of the molecule is CC1CCC(C(=O)N(Cc2c[nH+]ccn2)c2nn(-c3ccccc3)cc2C(=O)O)CC1. The topological polar surface area (TPSA) is 102 Å². The Labute approximate surface area is 180 Å². The van der Waals surface area contributed by atoms with Gasteiger partial charge in [-0.15, -0.1) is 5.10 Å². The molecule has 0 unspecified atom stereocenters. The average Bonchev–Trinajstić information content (AvgIpc) is 3.24. The number of amides is 1. The highest BCUT2D eigenvalue weighted by atomic mass is 16.4. The highest BCUT2D eigenvalue weighted by Crippen LogP contribution is 2.32. The summed E-state index contributed by atoms with van der Waals surface area (Å²) in [6.45, 7) is 2.35. The molecule has 1 amide bonds. The van der Waals surface area contributed by atoms with Gasteiger partial charge >= 0.3 is 5.97 Å². The van der Waals surface area contributed by atoms with Crippen LogP contribution in [0, 0.1) is 11.8 Å². The van der Waals surface area contributed by atoms with E-state index in [4.69, 9.17) is 0 Å². The van der Waals surface area contributed by atoms with E-state index in [-0.39, 0.29) is 29.8 Å². The fourth-order valence-corrected chi connectivity index (χ4v) is 4.02. The molecule has 0 aliphatic heterocycles. The third kappa shape index (κ3) is 4.63. The van der Waals surface area contributed by atoms with E-state index in [0.717, 1.165) is 31.4 Å². The van der Waals surface area contributed by atoms with Gasteiger partial charge in [-0.1, -0.05) is 25.1 Å². The second-order valence-electron chi connectivity index (χ2n) is 8.08. The fraction of sp³-hybridized carbons (Fsp3) is 0.348. The number of carbonyl (C=O) groups excluding carboxylic acids is 1. The zero-order chi connectivity index (χ0) is 21.8. The quantitative estimate of drug-likeness (QED) is 0.660. The predicted molar refractivity (Wildman–Crippen MR) is 114 cm³/mol. The molecule has 0 spiro atoms. The molecular weight excluding hydrogens is 394 g/mol. The summed E-state index contributed by atoms with van der Waals surface area (Å²) >= 11 is 0. The lowest BCUT2D eigenvalue weighted by Gasteiger charge is -2.30. The lowest BCUT2D eigenvalue weighted by molar-refractivity contribution is -0.379. The number of rotatable bonds is 6. The van der Waals surface area contributed by atoms with Gasteiger partial charge in [0, 0.05) is 12.1 Å². The molecule has 1 aromatic carbocycles. The van der Waals surface area contributed by atoms with Gasteiger partial charge in [0.05, 0.1) is 18.4 Å². The number of aromatic carboxylic acids is 1. The van der Waals surface area contributed by atoms with Crippen LogP contribution in [0.2, 0.25) is 0 Å². The number of H-pyrrole nitrogens is 1. The van der Waals surface area contributed by atoms with Crippen LogP contribution in [0.4, 0.5) is 5.82 Å². The largest absolute Gasteiger partial charge is 0.477 e. The van der Waals surface area contributed by atoms with E-state index in [1.807, 2.05) is 30.3 Å². The summed E-state index contributed by atoms with van der Waals surface area (Å²) in [7, 11) is 0. The summed E-state index contributed by atoms with van der Waals surface area (Å²) in [4.78, 5) is 34.4. The minimum atomic E-state index is -1.13. The first kappa shape index (κ1) is 20.7. The van der Waals surface area contributed by atoms with Crippen molar-refractivity contribution >= 4 is 17.7 Å². The Hall–Kier alpha value is -3.55. The first-order chi connectivity index (χ1) is 15.0. The van der Waals surface area contributed by atoms with Gasteiger partial charge in [0.25, 0.3) is 0 Å². The van der Waals surface area contributed by atoms with Crippen molar-refractivity contribution in [3.63, 3.8) is 0 Å². The molecule has 0 saturated heterocycles. The van der Waals surface area contributed by atoms with E-state index >= 15 is 0 Å². The molecule has 0 atom stereocenters. The lowest BCUT2D eigenvalue weighted by Crippen LogP contribution is -2.38. The standard InChI is InChI=1S/C23H25N5O3/c1-16-7-9-17(10-8-16)22(29)27(14-18-13-24-11-12-25-18)21-20(23(30)31)15-28(26-21)19-5-3-2-4-6-19/h2-6,11-13,15-17H,7-10,14H2,1H3,(H,30,31)/p+1. The number of nitrogens with zero attached hydrogens (tertiary/aromatic N) is 4. The van der Waals surface area contributed by atoms with E-state index in [9.17, 15) is 14.7 Å². The number of nitrogens with one attached hydrogen (secondary N) is 1. The van der Waals surface area contributed by atoms with Crippen molar-refractivity contribution in [3.05, 3.63) is 66.4 Å². The van der Waals surface area contributed by atoms with Gasteiger partial charge in [-0.05, 0) is 43.7 Å². The number of carbonyl (C=O) groups is 2. The molecule has 3 aromatic rings. The van der Waals surface area contributed by atoms with Crippen molar-refractivity contribution in [2.45, 2.75) is 39.2 Å². The van der Waals surface area contributed by atoms with Crippen LogP contribution in [0.5, 0.6) is 0 Å². The van der Waals surface area contributed by atoms with Crippen LogP contribution < -0.4 is 9.88 Å². The molecule has 8 heteroatoms. The minimum Gasteiger partial charge on any atom is -0.477 e. The number of hydrogen-bond donors (Lipinski definition) is 1. The van der Waals surface area contributed by atoms with Gasteiger partial charge in [0.1, 0.15) is 11.3 Å². The molecule has 1 aliphatic carbocycles. The van der Waals surface area contributed by atoms with Crippen molar-refractivity contribution in [2.75, 3.05) is 4.90 Å². The fourth-order valence-electron chi connectivity index (χ4n) is 4.02. The Bertz CT molecular complexity index is 1040. The Kier molecular flexibility index (Phi) is 6.06. The Morgan fingerprint density at radius 1 is 1.19 bits per heavy atom. The average molecular weight is 420 g/mol. The summed E-state index contributed by atoms with van der Waals surface area (Å²) in [6.07, 6.45) is 10.0. The van der Waals surface area contributed by atoms with Crippen molar-refractivity contribution in [1.82, 2.24) is 14.8 Å². The third-order valence-corrected chi connectivity index (χ3v) is 5.81. The normalized spacial score (nSPS) is 18.5. The molecule has 8 nitrogen and oxygen atoms in total. The molecular formula is C23H26N5O3+. The maximum absolute atomic E-state index is 13.6. The first-order valence-electron chi connectivity index (χ1n) is 10.5. The van der Waals surface area contributed by atoms with Gasteiger partial charge in [-0.3, -0.25) is 9.69 Å². The predicted octanol–water partition coefficient (Wildman–Crippen LogP) is 3.14. The second-order valence-corrected chi connectivity index (χ2v) is 8.08. The molecule has 1 aliphatic rings. The lowest BCUT2D eigenvalue weighted by atomic mass is 9.82. The number of anilines is 1. The van der Waals surface area contributed by atoms with Gasteiger partial charge in [0.15, 0.2) is 18.2 Å². The Morgan fingerprint density at radius 2 is 1.94 bits per heavy atom. The van der Waals surface area contributed by atoms with Crippen LogP contribution in [0.3, 0.4) is 0 Å². The van der Waals surface area contributed by atoms with Crippen LogP contribution >= 0.6 is 0 Å². The van der Waals surface area contributed by atoms with Crippen molar-refractivity contribution < 1.29 is 19.7 Å².